The van der Waals surface area contributed by atoms with E-state index in [1.165, 1.54) is 25.8 Å². The Morgan fingerprint density at radius 2 is 1.86 bits per heavy atom. The van der Waals surface area contributed by atoms with E-state index in [0.717, 1.165) is 25.7 Å². The van der Waals surface area contributed by atoms with Gasteiger partial charge in [-0.05, 0) is 44.6 Å². The number of carbonyl (C=O) groups excluding carboxylic acids is 1. The van der Waals surface area contributed by atoms with Crippen LogP contribution in [-0.2, 0) is 20.9 Å². The van der Waals surface area contributed by atoms with Crippen LogP contribution >= 0.6 is 0 Å². The first-order chi connectivity index (χ1) is 13.4. The zero-order chi connectivity index (χ0) is 20.0. The van der Waals surface area contributed by atoms with Crippen molar-refractivity contribution in [2.45, 2.75) is 71.2 Å². The van der Waals surface area contributed by atoms with E-state index >= 15 is 0 Å². The van der Waals surface area contributed by atoms with Gasteiger partial charge in [-0.3, -0.25) is 4.79 Å². The smallest absolute Gasteiger partial charge is 0.216 e. The molecule has 3 rings (SSSR count). The van der Waals surface area contributed by atoms with E-state index in [1.807, 2.05) is 6.07 Å². The summed E-state index contributed by atoms with van der Waals surface area (Å²) >= 11 is 0. The topological polar surface area (TPSA) is 56.8 Å². The highest BCUT2D eigenvalue weighted by Crippen LogP contribution is 2.45. The Morgan fingerprint density at radius 1 is 1.18 bits per heavy atom. The summed E-state index contributed by atoms with van der Waals surface area (Å²) in [5.41, 5.74) is 0.851. The Bertz CT molecular complexity index is 654. The number of benzene rings is 1. The minimum Gasteiger partial charge on any atom is -0.493 e. The summed E-state index contributed by atoms with van der Waals surface area (Å²) in [5.74, 6) is 0.282. The molecule has 1 N–H and O–H groups in total. The summed E-state index contributed by atoms with van der Waals surface area (Å²) in [5, 5.41) is 2.73. The quantitative estimate of drug-likeness (QED) is 0.611. The Kier molecular flexibility index (Phi) is 7.30. The molecule has 0 unspecified atom stereocenters. The number of amides is 1. The largest absolute Gasteiger partial charge is 0.493 e. The molecule has 0 atom stereocenters. The van der Waals surface area contributed by atoms with Gasteiger partial charge in [-0.15, -0.1) is 0 Å². The summed E-state index contributed by atoms with van der Waals surface area (Å²) in [7, 11) is 0. The van der Waals surface area contributed by atoms with Crippen molar-refractivity contribution in [3.8, 4) is 5.75 Å². The van der Waals surface area contributed by atoms with Crippen LogP contribution in [0, 0.1) is 11.2 Å². The SMILES string of the molecule is CC(=O)NCCO[C@H]1CC[C@H](OCc2ccc(OCC3(C)CC3)cc2F)CC1. The lowest BCUT2D eigenvalue weighted by atomic mass is 9.95. The Balaban J connectivity index is 1.34. The molecule has 2 fully saturated rings. The molecule has 156 valence electrons. The van der Waals surface area contributed by atoms with Gasteiger partial charge in [0.25, 0.3) is 0 Å². The number of rotatable bonds is 10. The van der Waals surface area contributed by atoms with E-state index < -0.39 is 0 Å². The van der Waals surface area contributed by atoms with Crippen LogP contribution in [0.4, 0.5) is 4.39 Å². The highest BCUT2D eigenvalue weighted by atomic mass is 19.1. The minimum atomic E-state index is -0.270. The molecule has 1 amide bonds. The van der Waals surface area contributed by atoms with Gasteiger partial charge >= 0.3 is 0 Å². The van der Waals surface area contributed by atoms with Crippen molar-refractivity contribution in [2.24, 2.45) is 5.41 Å². The average Bonchev–Trinajstić information content (AvgIpc) is 3.41. The zero-order valence-corrected chi connectivity index (χ0v) is 17.0. The number of hydrogen-bond donors (Lipinski definition) is 1. The molecule has 0 aromatic heterocycles. The fraction of sp³-hybridized carbons (Fsp3) is 0.682. The van der Waals surface area contributed by atoms with E-state index in [0.29, 0.717) is 31.1 Å². The summed E-state index contributed by atoms with van der Waals surface area (Å²) in [6.45, 7) is 5.70. The second-order valence-electron chi connectivity index (χ2n) is 8.42. The number of nitrogens with one attached hydrogen (secondary N) is 1. The summed E-state index contributed by atoms with van der Waals surface area (Å²) in [6, 6.07) is 5.05. The number of carbonyl (C=O) groups is 1. The van der Waals surface area contributed by atoms with Crippen molar-refractivity contribution < 1.29 is 23.4 Å². The Hall–Kier alpha value is -1.66. The lowest BCUT2D eigenvalue weighted by Crippen LogP contribution is -2.30. The molecule has 2 saturated carbocycles. The normalized spacial score (nSPS) is 23.2. The third-order valence-electron chi connectivity index (χ3n) is 5.64. The molecular weight excluding hydrogens is 361 g/mol. The van der Waals surface area contributed by atoms with Crippen molar-refractivity contribution >= 4 is 5.91 Å². The standard InChI is InChI=1S/C22H32FNO4/c1-16(25)24-11-12-26-18-5-7-19(8-6-18)27-14-17-3-4-20(13-21(17)23)28-15-22(2)9-10-22/h3-4,13,18-19H,5-12,14-15H2,1-2H3,(H,24,25)/t18-,19-. The van der Waals surface area contributed by atoms with Crippen molar-refractivity contribution in [3.05, 3.63) is 29.6 Å². The van der Waals surface area contributed by atoms with Crippen LogP contribution in [0.25, 0.3) is 0 Å². The number of ether oxygens (including phenoxy) is 3. The number of hydrogen-bond acceptors (Lipinski definition) is 4. The highest BCUT2D eigenvalue weighted by molar-refractivity contribution is 5.72. The lowest BCUT2D eigenvalue weighted by molar-refractivity contribution is -0.119. The van der Waals surface area contributed by atoms with Gasteiger partial charge in [0.05, 0.1) is 32.0 Å². The van der Waals surface area contributed by atoms with Gasteiger partial charge in [-0.25, -0.2) is 4.39 Å². The maximum Gasteiger partial charge on any atom is 0.216 e. The van der Waals surface area contributed by atoms with E-state index in [4.69, 9.17) is 14.2 Å². The summed E-state index contributed by atoms with van der Waals surface area (Å²) < 4.78 is 31.7. The molecule has 2 aliphatic rings. The molecule has 1 aromatic rings. The molecule has 0 spiro atoms. The number of halogens is 1. The van der Waals surface area contributed by atoms with E-state index in [1.54, 1.807) is 6.07 Å². The molecule has 28 heavy (non-hydrogen) atoms. The van der Waals surface area contributed by atoms with Gasteiger partial charge in [0.1, 0.15) is 11.6 Å². The molecule has 0 bridgehead atoms. The van der Waals surface area contributed by atoms with Gasteiger partial charge in [0.15, 0.2) is 0 Å². The Morgan fingerprint density at radius 3 is 2.46 bits per heavy atom. The second kappa shape index (κ2) is 9.70. The third kappa shape index (κ3) is 6.74. The van der Waals surface area contributed by atoms with Gasteiger partial charge in [-0.2, -0.15) is 0 Å². The monoisotopic (exact) mass is 393 g/mol. The average molecular weight is 393 g/mol. The van der Waals surface area contributed by atoms with Gasteiger partial charge < -0.3 is 19.5 Å². The van der Waals surface area contributed by atoms with Crippen LogP contribution < -0.4 is 10.1 Å². The van der Waals surface area contributed by atoms with Gasteiger partial charge in [0.2, 0.25) is 5.91 Å². The minimum absolute atomic E-state index is 0.0373. The molecule has 1 aromatic carbocycles. The molecule has 6 heteroatoms. The van der Waals surface area contributed by atoms with Crippen LogP contribution in [0.5, 0.6) is 5.75 Å². The van der Waals surface area contributed by atoms with E-state index in [9.17, 15) is 9.18 Å². The fourth-order valence-corrected chi connectivity index (χ4v) is 3.38. The molecule has 0 saturated heterocycles. The van der Waals surface area contributed by atoms with E-state index in [-0.39, 0.29) is 36.0 Å². The first-order valence-corrected chi connectivity index (χ1v) is 10.3. The molecule has 2 aliphatic carbocycles. The molecule has 5 nitrogen and oxygen atoms in total. The van der Waals surface area contributed by atoms with Crippen LogP contribution in [0.1, 0.15) is 57.9 Å². The van der Waals surface area contributed by atoms with Crippen molar-refractivity contribution in [1.82, 2.24) is 5.32 Å². The Labute approximate surface area is 166 Å². The summed E-state index contributed by atoms with van der Waals surface area (Å²) in [6.07, 6.45) is 6.40. The first-order valence-electron chi connectivity index (χ1n) is 10.3. The predicted molar refractivity (Wildman–Crippen MR) is 105 cm³/mol. The maximum atomic E-state index is 14.3. The maximum absolute atomic E-state index is 14.3. The lowest BCUT2D eigenvalue weighted by Gasteiger charge is -2.28. The molecular formula is C22H32FNO4. The van der Waals surface area contributed by atoms with Crippen molar-refractivity contribution in [1.29, 1.82) is 0 Å². The van der Waals surface area contributed by atoms with Crippen LogP contribution in [0.2, 0.25) is 0 Å². The summed E-state index contributed by atoms with van der Waals surface area (Å²) in [4.78, 5) is 10.8. The highest BCUT2D eigenvalue weighted by Gasteiger charge is 2.38. The molecule has 0 aliphatic heterocycles. The van der Waals surface area contributed by atoms with E-state index in [2.05, 4.69) is 12.2 Å². The van der Waals surface area contributed by atoms with Crippen molar-refractivity contribution in [2.75, 3.05) is 19.8 Å². The molecule has 0 heterocycles. The fourth-order valence-electron chi connectivity index (χ4n) is 3.38. The predicted octanol–water partition coefficient (Wildman–Crippen LogP) is 3.99. The van der Waals surface area contributed by atoms with Crippen LogP contribution in [0.3, 0.4) is 0 Å². The van der Waals surface area contributed by atoms with Crippen LogP contribution in [-0.4, -0.2) is 37.9 Å². The first kappa shape index (κ1) is 21.1. The van der Waals surface area contributed by atoms with Gasteiger partial charge in [0, 0.05) is 30.5 Å². The second-order valence-corrected chi connectivity index (χ2v) is 8.42. The van der Waals surface area contributed by atoms with Crippen molar-refractivity contribution in [3.63, 3.8) is 0 Å². The third-order valence-corrected chi connectivity index (χ3v) is 5.64. The molecule has 0 radical (unpaired) electrons. The van der Waals surface area contributed by atoms with Crippen LogP contribution in [0.15, 0.2) is 18.2 Å². The zero-order valence-electron chi connectivity index (χ0n) is 17.0. The van der Waals surface area contributed by atoms with Gasteiger partial charge in [-0.1, -0.05) is 13.0 Å².